The van der Waals surface area contributed by atoms with Crippen LogP contribution in [-0.4, -0.2) is 21.4 Å². The number of amides is 2. The van der Waals surface area contributed by atoms with E-state index in [1.807, 2.05) is 0 Å². The fourth-order valence-electron chi connectivity index (χ4n) is 2.42. The summed E-state index contributed by atoms with van der Waals surface area (Å²) in [6, 6.07) is 11.8. The number of carbonyl (C=O) groups is 2. The van der Waals surface area contributed by atoms with E-state index < -0.39 is 0 Å². The van der Waals surface area contributed by atoms with Crippen molar-refractivity contribution in [2.75, 3.05) is 10.6 Å². The number of anilines is 2. The molecule has 0 fully saturated rings. The molecule has 0 radical (unpaired) electrons. The Kier molecular flexibility index (Phi) is 3.91. The van der Waals surface area contributed by atoms with Gasteiger partial charge in [-0.1, -0.05) is 0 Å². The number of aromatic nitrogens is 2. The first-order valence-electron chi connectivity index (χ1n) is 7.32. The van der Waals surface area contributed by atoms with Crippen LogP contribution in [0.1, 0.15) is 17.3 Å². The summed E-state index contributed by atoms with van der Waals surface area (Å²) < 4.78 is 1.48. The van der Waals surface area contributed by atoms with E-state index in [1.54, 1.807) is 49.5 Å². The van der Waals surface area contributed by atoms with Crippen LogP contribution in [0, 0.1) is 0 Å². The predicted molar refractivity (Wildman–Crippen MR) is 92.2 cm³/mol. The van der Waals surface area contributed by atoms with Crippen LogP contribution < -0.4 is 16.3 Å². The van der Waals surface area contributed by atoms with Gasteiger partial charge in [0.25, 0.3) is 5.91 Å². The summed E-state index contributed by atoms with van der Waals surface area (Å²) in [4.78, 5) is 37.6. The fraction of sp³-hybridized carbons (Fsp3) is 0.118. The van der Waals surface area contributed by atoms with Crippen molar-refractivity contribution in [3.63, 3.8) is 0 Å². The van der Waals surface area contributed by atoms with Gasteiger partial charge in [-0.2, -0.15) is 0 Å². The molecule has 7 heteroatoms. The second kappa shape index (κ2) is 6.04. The highest BCUT2D eigenvalue weighted by atomic mass is 16.2. The van der Waals surface area contributed by atoms with Gasteiger partial charge in [0.1, 0.15) is 0 Å². The number of fused-ring (bicyclic) bond motifs is 1. The fourth-order valence-corrected chi connectivity index (χ4v) is 2.42. The van der Waals surface area contributed by atoms with E-state index in [0.717, 1.165) is 5.52 Å². The van der Waals surface area contributed by atoms with Gasteiger partial charge < -0.3 is 15.6 Å². The smallest absolute Gasteiger partial charge is 0.326 e. The molecule has 0 saturated heterocycles. The number of hydrogen-bond acceptors (Lipinski definition) is 3. The van der Waals surface area contributed by atoms with Crippen LogP contribution in [0.3, 0.4) is 0 Å². The summed E-state index contributed by atoms with van der Waals surface area (Å²) in [6.45, 7) is 1.43. The van der Waals surface area contributed by atoms with Crippen molar-refractivity contribution < 1.29 is 9.59 Å². The van der Waals surface area contributed by atoms with Crippen molar-refractivity contribution in [1.29, 1.82) is 0 Å². The average molecular weight is 324 g/mol. The monoisotopic (exact) mass is 324 g/mol. The Labute approximate surface area is 137 Å². The standard InChI is InChI=1S/C17H16N4O3/c1-10(22)18-12-4-6-13(7-5-12)19-16(23)11-3-8-15-14(9-11)20-17(24)21(15)2/h3-9H,1-2H3,(H,18,22)(H,19,23)(H,20,24). The molecule has 0 saturated carbocycles. The van der Waals surface area contributed by atoms with Crippen LogP contribution in [0.2, 0.25) is 0 Å². The number of carbonyl (C=O) groups excluding carboxylic acids is 2. The molecule has 0 unspecified atom stereocenters. The molecular formula is C17H16N4O3. The first kappa shape index (κ1) is 15.5. The molecular weight excluding hydrogens is 308 g/mol. The Hall–Kier alpha value is -3.35. The van der Waals surface area contributed by atoms with E-state index in [0.29, 0.717) is 22.5 Å². The molecule has 0 bridgehead atoms. The summed E-state index contributed by atoms with van der Waals surface area (Å²) >= 11 is 0. The van der Waals surface area contributed by atoms with Gasteiger partial charge in [0.05, 0.1) is 11.0 Å². The number of aromatic amines is 1. The minimum atomic E-state index is -0.283. The number of benzene rings is 2. The highest BCUT2D eigenvalue weighted by molar-refractivity contribution is 6.06. The van der Waals surface area contributed by atoms with Crippen LogP contribution >= 0.6 is 0 Å². The third kappa shape index (κ3) is 3.05. The van der Waals surface area contributed by atoms with Crippen molar-refractivity contribution in [1.82, 2.24) is 9.55 Å². The summed E-state index contributed by atoms with van der Waals surface area (Å²) in [5.41, 5.74) is 2.82. The lowest BCUT2D eigenvalue weighted by atomic mass is 10.2. The summed E-state index contributed by atoms with van der Waals surface area (Å²) in [7, 11) is 1.66. The van der Waals surface area contributed by atoms with Crippen molar-refractivity contribution in [2.45, 2.75) is 6.92 Å². The van der Waals surface area contributed by atoms with E-state index >= 15 is 0 Å². The zero-order chi connectivity index (χ0) is 17.3. The second-order valence-corrected chi connectivity index (χ2v) is 5.43. The van der Waals surface area contributed by atoms with Crippen molar-refractivity contribution in [3.8, 4) is 0 Å². The SMILES string of the molecule is CC(=O)Nc1ccc(NC(=O)c2ccc3c(c2)[nH]c(=O)n3C)cc1. The Morgan fingerprint density at radius 3 is 2.25 bits per heavy atom. The molecule has 1 aromatic heterocycles. The number of H-pyrrole nitrogens is 1. The third-order valence-electron chi connectivity index (χ3n) is 3.63. The van der Waals surface area contributed by atoms with Crippen molar-refractivity contribution in [3.05, 3.63) is 58.5 Å². The Morgan fingerprint density at radius 2 is 1.62 bits per heavy atom. The van der Waals surface area contributed by atoms with Gasteiger partial charge >= 0.3 is 5.69 Å². The first-order valence-corrected chi connectivity index (χ1v) is 7.32. The van der Waals surface area contributed by atoms with E-state index in [1.165, 1.54) is 11.5 Å². The van der Waals surface area contributed by atoms with Gasteiger partial charge in [-0.3, -0.25) is 14.2 Å². The first-order chi connectivity index (χ1) is 11.4. The van der Waals surface area contributed by atoms with Crippen LogP contribution in [0.15, 0.2) is 47.3 Å². The van der Waals surface area contributed by atoms with Gasteiger partial charge in [-0.05, 0) is 42.5 Å². The summed E-state index contributed by atoms with van der Waals surface area (Å²) in [5.74, 6) is -0.439. The third-order valence-corrected chi connectivity index (χ3v) is 3.63. The lowest BCUT2D eigenvalue weighted by molar-refractivity contribution is -0.114. The average Bonchev–Trinajstić information content (AvgIpc) is 2.83. The summed E-state index contributed by atoms with van der Waals surface area (Å²) in [6.07, 6.45) is 0. The van der Waals surface area contributed by atoms with Crippen LogP contribution in [0.25, 0.3) is 11.0 Å². The van der Waals surface area contributed by atoms with Crippen LogP contribution in [0.4, 0.5) is 11.4 Å². The van der Waals surface area contributed by atoms with Crippen molar-refractivity contribution in [2.24, 2.45) is 7.05 Å². The van der Waals surface area contributed by atoms with Gasteiger partial charge in [0.2, 0.25) is 5.91 Å². The number of hydrogen-bond donors (Lipinski definition) is 3. The molecule has 0 aliphatic rings. The van der Waals surface area contributed by atoms with E-state index in [9.17, 15) is 14.4 Å². The van der Waals surface area contributed by atoms with E-state index in [4.69, 9.17) is 0 Å². The molecule has 3 rings (SSSR count). The Bertz CT molecular complexity index is 983. The largest absolute Gasteiger partial charge is 0.326 e. The maximum atomic E-state index is 12.3. The van der Waals surface area contributed by atoms with E-state index in [-0.39, 0.29) is 17.5 Å². The zero-order valence-electron chi connectivity index (χ0n) is 13.2. The van der Waals surface area contributed by atoms with E-state index in [2.05, 4.69) is 15.6 Å². The molecule has 0 aliphatic carbocycles. The molecule has 0 aliphatic heterocycles. The van der Waals surface area contributed by atoms with Gasteiger partial charge in [-0.25, -0.2) is 4.79 Å². The topological polar surface area (TPSA) is 96.0 Å². The van der Waals surface area contributed by atoms with Gasteiger partial charge in [0, 0.05) is 30.9 Å². The number of rotatable bonds is 3. The Morgan fingerprint density at radius 1 is 1.00 bits per heavy atom. The second-order valence-electron chi connectivity index (χ2n) is 5.43. The summed E-state index contributed by atoms with van der Waals surface area (Å²) in [5, 5.41) is 5.43. The lowest BCUT2D eigenvalue weighted by Crippen LogP contribution is -2.12. The minimum Gasteiger partial charge on any atom is -0.326 e. The molecule has 3 N–H and O–H groups in total. The molecule has 3 aromatic rings. The zero-order valence-corrected chi connectivity index (χ0v) is 13.2. The van der Waals surface area contributed by atoms with Crippen molar-refractivity contribution >= 4 is 34.2 Å². The predicted octanol–water partition coefficient (Wildman–Crippen LogP) is 2.08. The number of aryl methyl sites for hydroxylation is 1. The number of nitrogens with zero attached hydrogens (tertiary/aromatic N) is 1. The maximum Gasteiger partial charge on any atom is 0.326 e. The molecule has 7 nitrogen and oxygen atoms in total. The van der Waals surface area contributed by atoms with Crippen LogP contribution in [0.5, 0.6) is 0 Å². The maximum absolute atomic E-state index is 12.3. The molecule has 2 aromatic carbocycles. The molecule has 24 heavy (non-hydrogen) atoms. The van der Waals surface area contributed by atoms with Crippen LogP contribution in [-0.2, 0) is 11.8 Å². The Balaban J connectivity index is 1.79. The van der Waals surface area contributed by atoms with Gasteiger partial charge in [-0.15, -0.1) is 0 Å². The molecule has 2 amide bonds. The molecule has 122 valence electrons. The highest BCUT2D eigenvalue weighted by Crippen LogP contribution is 2.16. The number of imidazole rings is 1. The van der Waals surface area contributed by atoms with Gasteiger partial charge in [0.15, 0.2) is 0 Å². The normalized spacial score (nSPS) is 10.6. The quantitative estimate of drug-likeness (QED) is 0.688. The lowest BCUT2D eigenvalue weighted by Gasteiger charge is -2.07. The number of nitrogens with one attached hydrogen (secondary N) is 3. The highest BCUT2D eigenvalue weighted by Gasteiger charge is 2.10. The molecule has 0 atom stereocenters. The molecule has 1 heterocycles. The minimum absolute atomic E-state index is 0.156. The molecule has 0 spiro atoms.